The van der Waals surface area contributed by atoms with Crippen molar-refractivity contribution in [2.45, 2.75) is 13.5 Å². The van der Waals surface area contributed by atoms with E-state index in [1.807, 2.05) is 73.7 Å². The van der Waals surface area contributed by atoms with Crippen molar-refractivity contribution >= 4 is 51.4 Å². The van der Waals surface area contributed by atoms with Crippen LogP contribution in [0.1, 0.15) is 16.7 Å². The number of anilines is 1. The van der Waals surface area contributed by atoms with Gasteiger partial charge >= 0.3 is 0 Å². The van der Waals surface area contributed by atoms with E-state index in [1.165, 1.54) is 4.90 Å². The van der Waals surface area contributed by atoms with Crippen molar-refractivity contribution in [3.05, 3.63) is 113 Å². The minimum absolute atomic E-state index is 0.124. The predicted molar refractivity (Wildman–Crippen MR) is 147 cm³/mol. The number of carbonyl (C=O) groups is 3. The number of rotatable bonds is 7. The van der Waals surface area contributed by atoms with E-state index in [0.717, 1.165) is 39.2 Å². The van der Waals surface area contributed by atoms with Gasteiger partial charge in [-0.15, -0.1) is 0 Å². The summed E-state index contributed by atoms with van der Waals surface area (Å²) in [6.45, 7) is 2.08. The highest BCUT2D eigenvalue weighted by atomic mass is 32.2. The molecule has 0 saturated carbocycles. The fourth-order valence-electron chi connectivity index (χ4n) is 3.95. The van der Waals surface area contributed by atoms with Crippen LogP contribution in [0.25, 0.3) is 16.8 Å². The number of thioether (sulfide) groups is 1. The van der Waals surface area contributed by atoms with Crippen LogP contribution in [0.2, 0.25) is 0 Å². The summed E-state index contributed by atoms with van der Waals surface area (Å²) in [6, 6.07) is 28.5. The first kappa shape index (κ1) is 24.3. The molecule has 1 heterocycles. The lowest BCUT2D eigenvalue weighted by Gasteiger charge is -2.13. The Balaban J connectivity index is 1.19. The molecule has 0 aliphatic carbocycles. The minimum Gasteiger partial charge on any atom is -0.484 e. The summed E-state index contributed by atoms with van der Waals surface area (Å²) in [5.74, 6) is -0.0371. The molecule has 1 aliphatic heterocycles. The van der Waals surface area contributed by atoms with E-state index in [1.54, 1.807) is 30.3 Å². The van der Waals surface area contributed by atoms with Gasteiger partial charge in [-0.25, -0.2) is 0 Å². The first-order valence-electron chi connectivity index (χ1n) is 11.8. The molecule has 1 aliphatic rings. The van der Waals surface area contributed by atoms with Crippen molar-refractivity contribution in [1.29, 1.82) is 0 Å². The fraction of sp³-hybridized carbons (Fsp3) is 0.100. The molecular formula is C30H24N2O4S. The fourth-order valence-corrected chi connectivity index (χ4v) is 4.79. The Morgan fingerprint density at radius 2 is 1.65 bits per heavy atom. The average molecular weight is 509 g/mol. The molecule has 184 valence electrons. The zero-order valence-electron chi connectivity index (χ0n) is 20.1. The monoisotopic (exact) mass is 508 g/mol. The normalized spacial score (nSPS) is 14.4. The van der Waals surface area contributed by atoms with Gasteiger partial charge in [0.05, 0.1) is 11.4 Å². The number of hydrogen-bond donors (Lipinski definition) is 1. The number of carbonyl (C=O) groups excluding carboxylic acids is 3. The van der Waals surface area contributed by atoms with E-state index in [-0.39, 0.29) is 30.2 Å². The lowest BCUT2D eigenvalue weighted by molar-refractivity contribution is -0.123. The van der Waals surface area contributed by atoms with Crippen molar-refractivity contribution in [3.8, 4) is 5.75 Å². The van der Waals surface area contributed by atoms with Crippen LogP contribution >= 0.6 is 11.8 Å². The topological polar surface area (TPSA) is 75.7 Å². The van der Waals surface area contributed by atoms with Crippen LogP contribution in [0.15, 0.2) is 95.9 Å². The standard InChI is InChI=1S/C30H24N2O4S/c1-20-6-12-25(13-7-20)31-28(33)19-36-26-14-9-21(10-15-26)17-27-29(34)32(30(35)37-27)18-22-8-11-23-4-2-3-5-24(23)16-22/h2-17H,18-19H2,1H3,(H,31,33)/b27-17+. The summed E-state index contributed by atoms with van der Waals surface area (Å²) >= 11 is 0.934. The molecule has 5 rings (SSSR count). The number of fused-ring (bicyclic) bond motifs is 1. The number of ether oxygens (including phenoxy) is 1. The van der Waals surface area contributed by atoms with Gasteiger partial charge in [-0.3, -0.25) is 19.3 Å². The summed E-state index contributed by atoms with van der Waals surface area (Å²) in [5.41, 5.74) is 3.48. The Kier molecular flexibility index (Phi) is 7.05. The van der Waals surface area contributed by atoms with E-state index in [9.17, 15) is 14.4 Å². The van der Waals surface area contributed by atoms with Gasteiger partial charge in [0.25, 0.3) is 17.1 Å². The molecule has 0 radical (unpaired) electrons. The van der Waals surface area contributed by atoms with Crippen molar-refractivity contribution < 1.29 is 19.1 Å². The first-order chi connectivity index (χ1) is 17.9. The van der Waals surface area contributed by atoms with Gasteiger partial charge in [0.1, 0.15) is 5.75 Å². The van der Waals surface area contributed by atoms with Crippen LogP contribution in [-0.4, -0.2) is 28.6 Å². The number of imide groups is 1. The zero-order chi connectivity index (χ0) is 25.8. The third kappa shape index (κ3) is 5.90. The number of benzene rings is 4. The molecule has 37 heavy (non-hydrogen) atoms. The quantitative estimate of drug-likeness (QED) is 0.292. The van der Waals surface area contributed by atoms with Gasteiger partial charge in [-0.05, 0) is 77.0 Å². The second-order valence-corrected chi connectivity index (χ2v) is 9.71. The summed E-state index contributed by atoms with van der Waals surface area (Å²) in [5, 5.41) is 4.68. The highest BCUT2D eigenvalue weighted by Crippen LogP contribution is 2.34. The average Bonchev–Trinajstić information content (AvgIpc) is 3.17. The van der Waals surface area contributed by atoms with Crippen LogP contribution in [-0.2, 0) is 16.1 Å². The van der Waals surface area contributed by atoms with Crippen molar-refractivity contribution in [1.82, 2.24) is 4.90 Å². The maximum atomic E-state index is 12.9. The molecular weight excluding hydrogens is 484 g/mol. The van der Waals surface area contributed by atoms with E-state index >= 15 is 0 Å². The molecule has 4 aromatic carbocycles. The second-order valence-electron chi connectivity index (χ2n) is 8.72. The van der Waals surface area contributed by atoms with Crippen molar-refractivity contribution in [3.63, 3.8) is 0 Å². The highest BCUT2D eigenvalue weighted by molar-refractivity contribution is 8.18. The molecule has 4 aromatic rings. The van der Waals surface area contributed by atoms with Gasteiger partial charge in [0.15, 0.2) is 6.61 Å². The SMILES string of the molecule is Cc1ccc(NC(=O)COc2ccc(/C=C3/SC(=O)N(Cc4ccc5ccccc5c4)C3=O)cc2)cc1. The Hall–Kier alpha value is -4.36. The maximum absolute atomic E-state index is 12.9. The Morgan fingerprint density at radius 3 is 2.41 bits per heavy atom. The summed E-state index contributed by atoms with van der Waals surface area (Å²) in [6.07, 6.45) is 1.69. The molecule has 1 saturated heterocycles. The molecule has 0 bridgehead atoms. The molecule has 1 fully saturated rings. The van der Waals surface area contributed by atoms with Crippen LogP contribution in [0.5, 0.6) is 5.75 Å². The van der Waals surface area contributed by atoms with Crippen LogP contribution < -0.4 is 10.1 Å². The lowest BCUT2D eigenvalue weighted by Crippen LogP contribution is -2.27. The van der Waals surface area contributed by atoms with Gasteiger partial charge in [-0.2, -0.15) is 0 Å². The molecule has 0 atom stereocenters. The Labute approximate surface area is 218 Å². The van der Waals surface area contributed by atoms with E-state index in [0.29, 0.717) is 16.3 Å². The first-order valence-corrected chi connectivity index (χ1v) is 12.6. The van der Waals surface area contributed by atoms with Crippen LogP contribution in [0, 0.1) is 6.92 Å². The largest absolute Gasteiger partial charge is 0.484 e. The number of nitrogens with zero attached hydrogens (tertiary/aromatic N) is 1. The number of nitrogens with one attached hydrogen (secondary N) is 1. The van der Waals surface area contributed by atoms with E-state index < -0.39 is 0 Å². The van der Waals surface area contributed by atoms with Gasteiger partial charge in [0, 0.05) is 5.69 Å². The molecule has 0 spiro atoms. The van der Waals surface area contributed by atoms with Crippen molar-refractivity contribution in [2.75, 3.05) is 11.9 Å². The van der Waals surface area contributed by atoms with E-state index in [2.05, 4.69) is 5.32 Å². The number of hydrogen-bond acceptors (Lipinski definition) is 5. The predicted octanol–water partition coefficient (Wildman–Crippen LogP) is 6.40. The Morgan fingerprint density at radius 1 is 0.919 bits per heavy atom. The molecule has 0 unspecified atom stereocenters. The number of amides is 3. The molecule has 1 N–H and O–H groups in total. The summed E-state index contributed by atoms with van der Waals surface area (Å²) in [4.78, 5) is 39.3. The lowest BCUT2D eigenvalue weighted by atomic mass is 10.1. The Bertz CT molecular complexity index is 1510. The second kappa shape index (κ2) is 10.7. The van der Waals surface area contributed by atoms with E-state index in [4.69, 9.17) is 4.74 Å². The van der Waals surface area contributed by atoms with Gasteiger partial charge < -0.3 is 10.1 Å². The van der Waals surface area contributed by atoms with Crippen molar-refractivity contribution in [2.24, 2.45) is 0 Å². The zero-order valence-corrected chi connectivity index (χ0v) is 21.0. The minimum atomic E-state index is -0.309. The molecule has 0 aromatic heterocycles. The molecule has 7 heteroatoms. The third-order valence-electron chi connectivity index (χ3n) is 5.91. The third-order valence-corrected chi connectivity index (χ3v) is 6.82. The van der Waals surface area contributed by atoms with Gasteiger partial charge in [-0.1, -0.05) is 66.2 Å². The van der Waals surface area contributed by atoms with Crippen LogP contribution in [0.4, 0.5) is 10.5 Å². The molecule has 3 amide bonds. The number of aryl methyl sites for hydroxylation is 1. The maximum Gasteiger partial charge on any atom is 0.293 e. The molecule has 6 nitrogen and oxygen atoms in total. The summed E-state index contributed by atoms with van der Waals surface area (Å²) in [7, 11) is 0. The van der Waals surface area contributed by atoms with Crippen LogP contribution in [0.3, 0.4) is 0 Å². The highest BCUT2D eigenvalue weighted by Gasteiger charge is 2.35. The van der Waals surface area contributed by atoms with Gasteiger partial charge in [0.2, 0.25) is 0 Å². The summed E-state index contributed by atoms with van der Waals surface area (Å²) < 4.78 is 5.57. The smallest absolute Gasteiger partial charge is 0.293 e.